The Morgan fingerprint density at radius 1 is 1.06 bits per heavy atom. The molecule has 3 aromatic rings. The zero-order valence-electron chi connectivity index (χ0n) is 18.2. The molecule has 1 amide bonds. The van der Waals surface area contributed by atoms with Crippen LogP contribution in [-0.2, 0) is 9.59 Å². The molecule has 168 valence electrons. The highest BCUT2D eigenvalue weighted by Crippen LogP contribution is 2.45. The molecule has 0 spiro atoms. The average molecular weight is 466 g/mol. The zero-order chi connectivity index (χ0) is 23.9. The molecule has 1 aliphatic rings. The third-order valence-electron chi connectivity index (χ3n) is 5.71. The lowest BCUT2D eigenvalue weighted by molar-refractivity contribution is -0.132. The summed E-state index contributed by atoms with van der Waals surface area (Å²) in [5.74, 6) is -2.23. The third kappa shape index (κ3) is 3.87. The highest BCUT2D eigenvalue weighted by molar-refractivity contribution is 6.52. The normalized spacial score (nSPS) is 17.5. The van der Waals surface area contributed by atoms with Crippen LogP contribution < -0.4 is 9.64 Å². The van der Waals surface area contributed by atoms with E-state index in [9.17, 15) is 19.1 Å². The van der Waals surface area contributed by atoms with Gasteiger partial charge in [-0.15, -0.1) is 0 Å². The number of Topliss-reactive ketones (excluding diaryl/α,β-unsaturated/α-hetero) is 1. The van der Waals surface area contributed by atoms with Crippen molar-refractivity contribution in [3.63, 3.8) is 0 Å². The number of hydrogen-bond donors (Lipinski definition) is 1. The van der Waals surface area contributed by atoms with E-state index in [0.717, 1.165) is 17.2 Å². The van der Waals surface area contributed by atoms with Gasteiger partial charge < -0.3 is 9.84 Å². The predicted molar refractivity (Wildman–Crippen MR) is 125 cm³/mol. The molecule has 0 aromatic heterocycles. The van der Waals surface area contributed by atoms with Gasteiger partial charge in [-0.1, -0.05) is 47.5 Å². The molecule has 3 aromatic carbocycles. The molecule has 4 rings (SSSR count). The van der Waals surface area contributed by atoms with Crippen molar-refractivity contribution in [2.45, 2.75) is 19.9 Å². The molecule has 1 heterocycles. The number of nitrogens with zero attached hydrogens (tertiary/aromatic N) is 1. The molecule has 33 heavy (non-hydrogen) atoms. The van der Waals surface area contributed by atoms with Crippen LogP contribution in [0.1, 0.15) is 28.3 Å². The van der Waals surface area contributed by atoms with Gasteiger partial charge in [0.25, 0.3) is 11.7 Å². The minimum atomic E-state index is -1.01. The van der Waals surface area contributed by atoms with Crippen molar-refractivity contribution in [2.24, 2.45) is 0 Å². The van der Waals surface area contributed by atoms with E-state index in [1.54, 1.807) is 30.3 Å². The van der Waals surface area contributed by atoms with Gasteiger partial charge in [-0.25, -0.2) is 4.39 Å². The van der Waals surface area contributed by atoms with Gasteiger partial charge in [0.15, 0.2) is 0 Å². The molecule has 5 nitrogen and oxygen atoms in total. The predicted octanol–water partition coefficient (Wildman–Crippen LogP) is 5.73. The fraction of sp³-hybridized carbons (Fsp3) is 0.154. The number of methoxy groups -OCH3 is 1. The van der Waals surface area contributed by atoms with Gasteiger partial charge in [-0.3, -0.25) is 14.5 Å². The zero-order valence-corrected chi connectivity index (χ0v) is 19.0. The largest absolute Gasteiger partial charge is 0.507 e. The summed E-state index contributed by atoms with van der Waals surface area (Å²) in [6.07, 6.45) is 0. The molecule has 7 heteroatoms. The summed E-state index contributed by atoms with van der Waals surface area (Å²) in [7, 11) is 1.48. The second kappa shape index (κ2) is 8.71. The number of aliphatic hydroxyl groups is 1. The number of aryl methyl sites for hydroxylation is 2. The monoisotopic (exact) mass is 465 g/mol. The number of carbonyl (C=O) groups excluding carboxylic acids is 2. The Bertz CT molecular complexity index is 1320. The van der Waals surface area contributed by atoms with E-state index in [2.05, 4.69) is 0 Å². The molecule has 0 aliphatic carbocycles. The standard InChI is InChI=1S/C26H21ClFNO4/c1-14-8-9-15(2)18(12-14)24(30)22-23(17-6-4-5-7-21(17)33-3)29(26(32)25(22)31)16-10-11-20(28)19(27)13-16/h4-13,23,30H,1-3H3/b24-22+. The number of carbonyl (C=O) groups is 2. The van der Waals surface area contributed by atoms with Crippen molar-refractivity contribution >= 4 is 34.7 Å². The Morgan fingerprint density at radius 3 is 2.48 bits per heavy atom. The summed E-state index contributed by atoms with van der Waals surface area (Å²) >= 11 is 5.98. The number of halogens is 2. The van der Waals surface area contributed by atoms with Gasteiger partial charge in [0.2, 0.25) is 0 Å². The van der Waals surface area contributed by atoms with Crippen molar-refractivity contribution < 1.29 is 23.8 Å². The molecule has 1 N–H and O–H groups in total. The van der Waals surface area contributed by atoms with E-state index in [4.69, 9.17) is 16.3 Å². The first-order chi connectivity index (χ1) is 15.7. The lowest BCUT2D eigenvalue weighted by Crippen LogP contribution is -2.29. The van der Waals surface area contributed by atoms with Crippen LogP contribution >= 0.6 is 11.6 Å². The minimum Gasteiger partial charge on any atom is -0.507 e. The first-order valence-corrected chi connectivity index (χ1v) is 10.6. The Balaban J connectivity index is 2.03. The van der Waals surface area contributed by atoms with Gasteiger partial charge in [0.05, 0.1) is 23.7 Å². The van der Waals surface area contributed by atoms with Gasteiger partial charge in [-0.05, 0) is 49.7 Å². The quantitative estimate of drug-likeness (QED) is 0.303. The van der Waals surface area contributed by atoms with Gasteiger partial charge in [-0.2, -0.15) is 0 Å². The summed E-state index contributed by atoms with van der Waals surface area (Å²) in [4.78, 5) is 27.7. The van der Waals surface area contributed by atoms with Gasteiger partial charge >= 0.3 is 0 Å². The van der Waals surface area contributed by atoms with Crippen molar-refractivity contribution in [2.75, 3.05) is 12.0 Å². The summed E-state index contributed by atoms with van der Waals surface area (Å²) in [5.41, 5.74) is 2.71. The third-order valence-corrected chi connectivity index (χ3v) is 6.00. The van der Waals surface area contributed by atoms with Crippen LogP contribution in [-0.4, -0.2) is 23.9 Å². The van der Waals surface area contributed by atoms with Crippen molar-refractivity contribution in [3.05, 3.63) is 99.3 Å². The molecule has 1 aliphatic heterocycles. The average Bonchev–Trinajstić information content (AvgIpc) is 3.07. The van der Waals surface area contributed by atoms with Crippen molar-refractivity contribution in [1.82, 2.24) is 0 Å². The van der Waals surface area contributed by atoms with E-state index in [1.165, 1.54) is 24.1 Å². The smallest absolute Gasteiger partial charge is 0.300 e. The SMILES string of the molecule is COc1ccccc1C1/C(=C(\O)c2cc(C)ccc2C)C(=O)C(=O)N1c1ccc(F)c(Cl)c1. The number of rotatable bonds is 4. The summed E-state index contributed by atoms with van der Waals surface area (Å²) in [6, 6.07) is 15.2. The van der Waals surface area contributed by atoms with E-state index in [1.807, 2.05) is 26.0 Å². The van der Waals surface area contributed by atoms with Crippen LogP contribution in [0, 0.1) is 19.7 Å². The number of hydrogen-bond acceptors (Lipinski definition) is 4. The van der Waals surface area contributed by atoms with Crippen LogP contribution in [0.3, 0.4) is 0 Å². The van der Waals surface area contributed by atoms with Crippen molar-refractivity contribution in [3.8, 4) is 5.75 Å². The van der Waals surface area contributed by atoms with E-state index >= 15 is 0 Å². The van der Waals surface area contributed by atoms with Crippen LogP contribution in [0.4, 0.5) is 10.1 Å². The fourth-order valence-corrected chi connectivity index (χ4v) is 4.23. The summed E-state index contributed by atoms with van der Waals surface area (Å²) in [5, 5.41) is 11.1. The first kappa shape index (κ1) is 22.6. The number of ketones is 1. The molecular weight excluding hydrogens is 445 g/mol. The maximum Gasteiger partial charge on any atom is 0.300 e. The van der Waals surface area contributed by atoms with E-state index in [-0.39, 0.29) is 22.0 Å². The first-order valence-electron chi connectivity index (χ1n) is 10.2. The summed E-state index contributed by atoms with van der Waals surface area (Å²) < 4.78 is 19.3. The summed E-state index contributed by atoms with van der Waals surface area (Å²) in [6.45, 7) is 3.68. The molecule has 1 fully saturated rings. The lowest BCUT2D eigenvalue weighted by Gasteiger charge is -2.27. The van der Waals surface area contributed by atoms with Crippen molar-refractivity contribution in [1.29, 1.82) is 0 Å². The maximum atomic E-state index is 13.8. The fourth-order valence-electron chi connectivity index (χ4n) is 4.06. The Kier molecular flexibility index (Phi) is 5.95. The Hall–Kier alpha value is -3.64. The highest BCUT2D eigenvalue weighted by Gasteiger charge is 2.48. The maximum absolute atomic E-state index is 13.8. The lowest BCUT2D eigenvalue weighted by atomic mass is 9.92. The second-order valence-electron chi connectivity index (χ2n) is 7.83. The Morgan fingerprint density at radius 2 is 1.79 bits per heavy atom. The Labute approximate surface area is 195 Å². The number of para-hydroxylation sites is 1. The van der Waals surface area contributed by atoms with Crippen LogP contribution in [0.15, 0.2) is 66.2 Å². The molecule has 1 unspecified atom stereocenters. The van der Waals surface area contributed by atoms with Gasteiger partial charge in [0.1, 0.15) is 17.3 Å². The molecular formula is C26H21ClFNO4. The topological polar surface area (TPSA) is 66.8 Å². The number of anilines is 1. The molecule has 0 saturated carbocycles. The van der Waals surface area contributed by atoms with E-state index < -0.39 is 23.5 Å². The van der Waals surface area contributed by atoms with Crippen LogP contribution in [0.2, 0.25) is 5.02 Å². The second-order valence-corrected chi connectivity index (χ2v) is 8.24. The number of benzene rings is 3. The number of aliphatic hydroxyl groups excluding tert-OH is 1. The molecule has 1 saturated heterocycles. The molecule has 0 bridgehead atoms. The number of ether oxygens (including phenoxy) is 1. The highest BCUT2D eigenvalue weighted by atomic mass is 35.5. The van der Waals surface area contributed by atoms with Gasteiger partial charge in [0, 0.05) is 16.8 Å². The molecule has 1 atom stereocenters. The minimum absolute atomic E-state index is 0.0846. The van der Waals surface area contributed by atoms with Crippen LogP contribution in [0.25, 0.3) is 5.76 Å². The number of amides is 1. The van der Waals surface area contributed by atoms with E-state index in [0.29, 0.717) is 16.9 Å². The molecule has 0 radical (unpaired) electrons. The van der Waals surface area contributed by atoms with Crippen LogP contribution in [0.5, 0.6) is 5.75 Å².